The number of fused-ring (bicyclic) bond motifs is 1. The fraction of sp³-hybridized carbons (Fsp3) is 0.208. The molecule has 6 nitrogen and oxygen atoms in total. The van der Waals surface area contributed by atoms with Crippen molar-refractivity contribution < 1.29 is 9.32 Å². The molecule has 3 heterocycles. The van der Waals surface area contributed by atoms with Gasteiger partial charge >= 0.3 is 0 Å². The lowest BCUT2D eigenvalue weighted by molar-refractivity contribution is 0.102. The highest BCUT2D eigenvalue weighted by Gasteiger charge is 2.21. The Hall–Kier alpha value is -3.67. The van der Waals surface area contributed by atoms with E-state index in [0.717, 1.165) is 30.0 Å². The van der Waals surface area contributed by atoms with Gasteiger partial charge < -0.3 is 14.7 Å². The van der Waals surface area contributed by atoms with E-state index in [1.54, 1.807) is 0 Å². The maximum atomic E-state index is 13.4. The minimum atomic E-state index is -0.197. The Kier molecular flexibility index (Phi) is 4.67. The number of anilines is 2. The molecule has 0 unspecified atom stereocenters. The van der Waals surface area contributed by atoms with Crippen molar-refractivity contribution in [2.24, 2.45) is 0 Å². The topological polar surface area (TPSA) is 71.3 Å². The first-order valence-corrected chi connectivity index (χ1v) is 10.2. The summed E-state index contributed by atoms with van der Waals surface area (Å²) in [5.74, 6) is -0.197. The number of pyridine rings is 1. The van der Waals surface area contributed by atoms with Crippen molar-refractivity contribution in [1.82, 2.24) is 10.1 Å². The van der Waals surface area contributed by atoms with Crippen LogP contribution in [0.15, 0.2) is 65.2 Å². The molecule has 2 aromatic carbocycles. The van der Waals surface area contributed by atoms with Gasteiger partial charge in [-0.3, -0.25) is 4.79 Å². The van der Waals surface area contributed by atoms with Gasteiger partial charge in [-0.15, -0.1) is 0 Å². The number of benzene rings is 2. The van der Waals surface area contributed by atoms with Gasteiger partial charge in [0.25, 0.3) is 11.6 Å². The Bertz CT molecular complexity index is 1210. The van der Waals surface area contributed by atoms with Crippen LogP contribution in [-0.2, 0) is 0 Å². The van der Waals surface area contributed by atoms with Crippen molar-refractivity contribution in [2.75, 3.05) is 23.3 Å². The summed E-state index contributed by atoms with van der Waals surface area (Å²) in [6, 6.07) is 19.5. The fourth-order valence-electron chi connectivity index (χ4n) is 4.03. The van der Waals surface area contributed by atoms with E-state index in [1.165, 1.54) is 12.8 Å². The molecule has 0 spiro atoms. The van der Waals surface area contributed by atoms with Crippen LogP contribution >= 0.6 is 0 Å². The van der Waals surface area contributed by atoms with Gasteiger partial charge in [0.1, 0.15) is 0 Å². The monoisotopic (exact) mass is 398 g/mol. The van der Waals surface area contributed by atoms with Gasteiger partial charge in [-0.25, -0.2) is 4.98 Å². The quantitative estimate of drug-likeness (QED) is 0.521. The summed E-state index contributed by atoms with van der Waals surface area (Å²) in [5, 5.41) is 7.79. The molecule has 30 heavy (non-hydrogen) atoms. The number of nitrogens with zero attached hydrogens (tertiary/aromatic N) is 3. The average Bonchev–Trinajstić information content (AvgIpc) is 3.44. The van der Waals surface area contributed by atoms with Crippen LogP contribution in [0.5, 0.6) is 0 Å². The van der Waals surface area contributed by atoms with E-state index in [1.807, 2.05) is 61.5 Å². The standard InChI is InChI=1S/C24H22N4O2/c1-16-22-18(15-20(26-24(22)30-27-16)17-9-3-2-4-10-17)23(29)25-19-11-5-6-12-21(19)28-13-7-8-14-28/h2-6,9-12,15H,7-8,13-14H2,1H3,(H,25,29). The van der Waals surface area contributed by atoms with Crippen molar-refractivity contribution in [2.45, 2.75) is 19.8 Å². The number of carbonyl (C=O) groups is 1. The minimum absolute atomic E-state index is 0.197. The number of aromatic nitrogens is 2. The van der Waals surface area contributed by atoms with Gasteiger partial charge in [0.2, 0.25) is 0 Å². The average molecular weight is 398 g/mol. The first kappa shape index (κ1) is 18.4. The molecule has 4 aromatic rings. The van der Waals surface area contributed by atoms with Crippen LogP contribution in [0.4, 0.5) is 11.4 Å². The summed E-state index contributed by atoms with van der Waals surface area (Å²) in [6.45, 7) is 3.84. The molecular weight excluding hydrogens is 376 g/mol. The molecular formula is C24H22N4O2. The Morgan fingerprint density at radius 3 is 2.57 bits per heavy atom. The second kappa shape index (κ2) is 7.63. The van der Waals surface area contributed by atoms with Crippen molar-refractivity contribution in [1.29, 1.82) is 0 Å². The van der Waals surface area contributed by atoms with Crippen LogP contribution in [0.3, 0.4) is 0 Å². The van der Waals surface area contributed by atoms with E-state index < -0.39 is 0 Å². The highest BCUT2D eigenvalue weighted by atomic mass is 16.5. The third-order valence-corrected chi connectivity index (χ3v) is 5.53. The number of hydrogen-bond donors (Lipinski definition) is 1. The van der Waals surface area contributed by atoms with Gasteiger partial charge in [0.05, 0.1) is 33.7 Å². The number of para-hydroxylation sites is 2. The molecule has 1 aliphatic heterocycles. The number of nitrogens with one attached hydrogen (secondary N) is 1. The number of rotatable bonds is 4. The van der Waals surface area contributed by atoms with Gasteiger partial charge in [-0.2, -0.15) is 0 Å². The second-order valence-corrected chi connectivity index (χ2v) is 7.53. The molecule has 2 aromatic heterocycles. The third kappa shape index (κ3) is 3.30. The second-order valence-electron chi connectivity index (χ2n) is 7.53. The van der Waals surface area contributed by atoms with Crippen LogP contribution in [0.1, 0.15) is 28.9 Å². The molecule has 0 radical (unpaired) electrons. The Morgan fingerprint density at radius 1 is 1.03 bits per heavy atom. The lowest BCUT2D eigenvalue weighted by atomic mass is 10.0. The smallest absolute Gasteiger partial charge is 0.259 e. The van der Waals surface area contributed by atoms with E-state index in [9.17, 15) is 4.79 Å². The highest BCUT2D eigenvalue weighted by Crippen LogP contribution is 2.31. The summed E-state index contributed by atoms with van der Waals surface area (Å²) in [6.07, 6.45) is 2.35. The van der Waals surface area contributed by atoms with Crippen molar-refractivity contribution in [3.8, 4) is 11.3 Å². The van der Waals surface area contributed by atoms with Gasteiger partial charge in [0, 0.05) is 18.7 Å². The molecule has 150 valence electrons. The lowest BCUT2D eigenvalue weighted by Crippen LogP contribution is -2.21. The Labute approximate surface area is 174 Å². The van der Waals surface area contributed by atoms with E-state index in [0.29, 0.717) is 28.1 Å². The van der Waals surface area contributed by atoms with Crippen LogP contribution < -0.4 is 10.2 Å². The number of amides is 1. The largest absolute Gasteiger partial charge is 0.370 e. The zero-order valence-electron chi connectivity index (χ0n) is 16.8. The molecule has 1 fully saturated rings. The van der Waals surface area contributed by atoms with E-state index in [4.69, 9.17) is 4.52 Å². The molecule has 1 aliphatic rings. The van der Waals surface area contributed by atoms with Crippen molar-refractivity contribution >= 4 is 28.4 Å². The van der Waals surface area contributed by atoms with E-state index in [-0.39, 0.29) is 5.91 Å². The number of carbonyl (C=O) groups excluding carboxylic acids is 1. The summed E-state index contributed by atoms with van der Waals surface area (Å²) in [7, 11) is 0. The number of aryl methyl sites for hydroxylation is 1. The molecule has 1 saturated heterocycles. The fourth-order valence-corrected chi connectivity index (χ4v) is 4.03. The molecule has 0 saturated carbocycles. The van der Waals surface area contributed by atoms with Gasteiger partial charge in [-0.1, -0.05) is 47.6 Å². The lowest BCUT2D eigenvalue weighted by Gasteiger charge is -2.21. The zero-order chi connectivity index (χ0) is 20.5. The SMILES string of the molecule is Cc1noc2nc(-c3ccccc3)cc(C(=O)Nc3ccccc3N3CCCC3)c12. The summed E-state index contributed by atoms with van der Waals surface area (Å²) in [4.78, 5) is 20.3. The van der Waals surface area contributed by atoms with Crippen LogP contribution in [0.2, 0.25) is 0 Å². The highest BCUT2D eigenvalue weighted by molar-refractivity contribution is 6.13. The van der Waals surface area contributed by atoms with E-state index in [2.05, 4.69) is 26.4 Å². The maximum absolute atomic E-state index is 13.4. The molecule has 0 atom stereocenters. The molecule has 0 aliphatic carbocycles. The Balaban J connectivity index is 1.56. The van der Waals surface area contributed by atoms with E-state index >= 15 is 0 Å². The van der Waals surface area contributed by atoms with Crippen molar-refractivity contribution in [3.63, 3.8) is 0 Å². The molecule has 1 amide bonds. The predicted molar refractivity (Wildman–Crippen MR) is 118 cm³/mol. The zero-order valence-corrected chi connectivity index (χ0v) is 16.8. The summed E-state index contributed by atoms with van der Waals surface area (Å²) in [5.41, 5.74) is 4.98. The first-order chi connectivity index (χ1) is 14.7. The molecule has 1 N–H and O–H groups in total. The summed E-state index contributed by atoms with van der Waals surface area (Å²) < 4.78 is 5.41. The predicted octanol–water partition coefficient (Wildman–Crippen LogP) is 5.05. The Morgan fingerprint density at radius 2 is 1.77 bits per heavy atom. The third-order valence-electron chi connectivity index (χ3n) is 5.53. The van der Waals surface area contributed by atoms with Gasteiger partial charge in [-0.05, 0) is 38.0 Å². The number of hydrogen-bond acceptors (Lipinski definition) is 5. The van der Waals surface area contributed by atoms with Gasteiger partial charge in [0.15, 0.2) is 0 Å². The van der Waals surface area contributed by atoms with Crippen LogP contribution in [0, 0.1) is 6.92 Å². The van der Waals surface area contributed by atoms with Crippen LogP contribution in [0.25, 0.3) is 22.4 Å². The summed E-state index contributed by atoms with van der Waals surface area (Å²) >= 11 is 0. The molecule has 0 bridgehead atoms. The minimum Gasteiger partial charge on any atom is -0.370 e. The normalized spacial score (nSPS) is 13.7. The maximum Gasteiger partial charge on any atom is 0.259 e. The molecule has 6 heteroatoms. The first-order valence-electron chi connectivity index (χ1n) is 10.2. The van der Waals surface area contributed by atoms with Crippen molar-refractivity contribution in [3.05, 3.63) is 71.9 Å². The van der Waals surface area contributed by atoms with Crippen LogP contribution in [-0.4, -0.2) is 29.1 Å². The molecule has 5 rings (SSSR count).